The highest BCUT2D eigenvalue weighted by Gasteiger charge is 2.10. The molecule has 0 aliphatic carbocycles. The normalized spacial score (nSPS) is 10.7. The van der Waals surface area contributed by atoms with Gasteiger partial charge in [0.2, 0.25) is 0 Å². The second-order valence-electron chi connectivity index (χ2n) is 3.97. The fraction of sp³-hybridized carbons (Fsp3) is 0. The molecule has 18 heavy (non-hydrogen) atoms. The van der Waals surface area contributed by atoms with Crippen LogP contribution < -0.4 is 11.1 Å². The van der Waals surface area contributed by atoms with Gasteiger partial charge >= 0.3 is 0 Å². The molecule has 3 aromatic rings. The minimum Gasteiger partial charge on any atom is -0.462 e. The lowest BCUT2D eigenvalue weighted by Gasteiger charge is -2.08. The molecule has 0 aliphatic rings. The molecule has 0 fully saturated rings. The molecule has 0 atom stereocenters. The van der Waals surface area contributed by atoms with E-state index in [1.54, 1.807) is 18.4 Å². The summed E-state index contributed by atoms with van der Waals surface area (Å²) < 4.78 is 19.0. The quantitative estimate of drug-likeness (QED) is 0.670. The first-order valence-corrected chi connectivity index (χ1v) is 5.53. The zero-order valence-corrected chi connectivity index (χ0v) is 9.48. The number of hydrogen-bond acceptors (Lipinski definition) is 3. The fourth-order valence-corrected chi connectivity index (χ4v) is 1.88. The van der Waals surface area contributed by atoms with Crippen molar-refractivity contribution in [1.29, 1.82) is 0 Å². The van der Waals surface area contributed by atoms with Crippen molar-refractivity contribution in [2.75, 3.05) is 11.1 Å². The van der Waals surface area contributed by atoms with Gasteiger partial charge in [-0.15, -0.1) is 0 Å². The first kappa shape index (κ1) is 10.7. The Labute approximate surface area is 103 Å². The van der Waals surface area contributed by atoms with Crippen molar-refractivity contribution in [2.45, 2.75) is 0 Å². The van der Waals surface area contributed by atoms with Gasteiger partial charge in [0.25, 0.3) is 0 Å². The Morgan fingerprint density at radius 1 is 1.06 bits per heavy atom. The smallest absolute Gasteiger partial charge is 0.148 e. The van der Waals surface area contributed by atoms with E-state index in [1.807, 2.05) is 24.3 Å². The van der Waals surface area contributed by atoms with Gasteiger partial charge in [0.1, 0.15) is 17.7 Å². The Balaban J connectivity index is 2.07. The summed E-state index contributed by atoms with van der Waals surface area (Å²) in [5.41, 5.74) is 7.82. The zero-order valence-electron chi connectivity index (χ0n) is 9.48. The number of fused-ring (bicyclic) bond motifs is 1. The lowest BCUT2D eigenvalue weighted by molar-refractivity contribution is 0.616. The average molecular weight is 242 g/mol. The van der Waals surface area contributed by atoms with Crippen LogP contribution in [0, 0.1) is 5.82 Å². The molecule has 3 N–H and O–H groups in total. The molecule has 0 unspecified atom stereocenters. The van der Waals surface area contributed by atoms with Crippen LogP contribution in [0.4, 0.5) is 21.5 Å². The SMILES string of the molecule is Nc1cccc(F)c1Nc1coc2ccccc12. The van der Waals surface area contributed by atoms with Gasteiger partial charge in [0.15, 0.2) is 0 Å². The van der Waals surface area contributed by atoms with Crippen LogP contribution >= 0.6 is 0 Å². The Morgan fingerprint density at radius 2 is 1.89 bits per heavy atom. The zero-order chi connectivity index (χ0) is 12.5. The number of furan rings is 1. The standard InChI is InChI=1S/C14H11FN2O/c15-10-5-3-6-11(16)14(10)17-12-8-18-13-7-2-1-4-9(12)13/h1-8,17H,16H2. The Kier molecular flexibility index (Phi) is 2.41. The number of nitrogens with one attached hydrogen (secondary N) is 1. The monoisotopic (exact) mass is 242 g/mol. The lowest BCUT2D eigenvalue weighted by Crippen LogP contribution is -1.98. The number of halogens is 1. The van der Waals surface area contributed by atoms with Gasteiger partial charge in [0, 0.05) is 5.39 Å². The van der Waals surface area contributed by atoms with E-state index in [0.29, 0.717) is 11.4 Å². The number of hydrogen-bond donors (Lipinski definition) is 2. The highest BCUT2D eigenvalue weighted by Crippen LogP contribution is 2.31. The van der Waals surface area contributed by atoms with E-state index in [4.69, 9.17) is 10.2 Å². The molecule has 3 nitrogen and oxygen atoms in total. The van der Waals surface area contributed by atoms with E-state index in [9.17, 15) is 4.39 Å². The molecule has 1 aromatic heterocycles. The third kappa shape index (κ3) is 1.68. The molecule has 0 amide bonds. The van der Waals surface area contributed by atoms with E-state index in [1.165, 1.54) is 6.07 Å². The summed E-state index contributed by atoms with van der Waals surface area (Å²) in [4.78, 5) is 0. The van der Waals surface area contributed by atoms with Gasteiger partial charge in [-0.3, -0.25) is 0 Å². The topological polar surface area (TPSA) is 51.2 Å². The number of nitrogens with two attached hydrogens (primary N) is 1. The molecule has 0 saturated carbocycles. The van der Waals surface area contributed by atoms with Crippen molar-refractivity contribution in [3.63, 3.8) is 0 Å². The largest absolute Gasteiger partial charge is 0.462 e. The number of rotatable bonds is 2. The van der Waals surface area contributed by atoms with Crippen LogP contribution in [-0.4, -0.2) is 0 Å². The van der Waals surface area contributed by atoms with Gasteiger partial charge in [0.05, 0.1) is 17.1 Å². The minimum absolute atomic E-state index is 0.268. The number of benzene rings is 2. The summed E-state index contributed by atoms with van der Waals surface area (Å²) in [6, 6.07) is 12.1. The molecule has 0 radical (unpaired) electrons. The molecule has 0 bridgehead atoms. The van der Waals surface area contributed by atoms with Crippen molar-refractivity contribution in [3.8, 4) is 0 Å². The summed E-state index contributed by atoms with van der Waals surface area (Å²) in [5.74, 6) is -0.389. The summed E-state index contributed by atoms with van der Waals surface area (Å²) in [6.07, 6.45) is 1.55. The molecular formula is C14H11FN2O. The fourth-order valence-electron chi connectivity index (χ4n) is 1.88. The first-order valence-electron chi connectivity index (χ1n) is 5.53. The second kappa shape index (κ2) is 4.07. The van der Waals surface area contributed by atoms with Crippen LogP contribution in [0.3, 0.4) is 0 Å². The van der Waals surface area contributed by atoms with E-state index in [2.05, 4.69) is 5.32 Å². The third-order valence-electron chi connectivity index (χ3n) is 2.79. The predicted molar refractivity (Wildman–Crippen MR) is 70.3 cm³/mol. The molecule has 1 heterocycles. The molecule has 3 rings (SSSR count). The maximum atomic E-state index is 13.7. The van der Waals surface area contributed by atoms with E-state index < -0.39 is 0 Å². The molecule has 4 heteroatoms. The first-order chi connectivity index (χ1) is 8.75. The number of para-hydroxylation sites is 2. The second-order valence-corrected chi connectivity index (χ2v) is 3.97. The maximum Gasteiger partial charge on any atom is 0.148 e. The predicted octanol–water partition coefficient (Wildman–Crippen LogP) is 3.90. The Hall–Kier alpha value is -2.49. The van der Waals surface area contributed by atoms with Crippen molar-refractivity contribution in [1.82, 2.24) is 0 Å². The summed E-state index contributed by atoms with van der Waals surface area (Å²) in [5, 5.41) is 3.86. The number of nitrogen functional groups attached to an aromatic ring is 1. The molecule has 90 valence electrons. The molecule has 0 aliphatic heterocycles. The van der Waals surface area contributed by atoms with Crippen molar-refractivity contribution in [2.24, 2.45) is 0 Å². The van der Waals surface area contributed by atoms with E-state index in [0.717, 1.165) is 11.0 Å². The third-order valence-corrected chi connectivity index (χ3v) is 2.79. The maximum absolute atomic E-state index is 13.7. The average Bonchev–Trinajstić information content (AvgIpc) is 2.77. The van der Waals surface area contributed by atoms with Gasteiger partial charge in [-0.25, -0.2) is 4.39 Å². The molecular weight excluding hydrogens is 231 g/mol. The van der Waals surface area contributed by atoms with Gasteiger partial charge in [-0.05, 0) is 24.3 Å². The van der Waals surface area contributed by atoms with Crippen molar-refractivity contribution < 1.29 is 8.81 Å². The van der Waals surface area contributed by atoms with Gasteiger partial charge in [-0.2, -0.15) is 0 Å². The summed E-state index contributed by atoms with van der Waals surface area (Å²) >= 11 is 0. The van der Waals surface area contributed by atoms with Crippen LogP contribution in [0.15, 0.2) is 53.1 Å². The van der Waals surface area contributed by atoms with Crippen LogP contribution in [0.5, 0.6) is 0 Å². The van der Waals surface area contributed by atoms with Crippen LogP contribution in [0.1, 0.15) is 0 Å². The van der Waals surface area contributed by atoms with E-state index >= 15 is 0 Å². The highest BCUT2D eigenvalue weighted by molar-refractivity contribution is 5.93. The Bertz CT molecular complexity index is 686. The van der Waals surface area contributed by atoms with Crippen LogP contribution in [-0.2, 0) is 0 Å². The van der Waals surface area contributed by atoms with E-state index in [-0.39, 0.29) is 11.5 Å². The van der Waals surface area contributed by atoms with Crippen LogP contribution in [0.2, 0.25) is 0 Å². The highest BCUT2D eigenvalue weighted by atomic mass is 19.1. The van der Waals surface area contributed by atoms with Gasteiger partial charge in [-0.1, -0.05) is 18.2 Å². The summed E-state index contributed by atoms with van der Waals surface area (Å²) in [6.45, 7) is 0. The molecule has 2 aromatic carbocycles. The minimum atomic E-state index is -0.389. The Morgan fingerprint density at radius 3 is 2.72 bits per heavy atom. The lowest BCUT2D eigenvalue weighted by atomic mass is 10.2. The van der Waals surface area contributed by atoms with Crippen molar-refractivity contribution >= 4 is 28.0 Å². The number of anilines is 3. The molecule has 0 spiro atoms. The summed E-state index contributed by atoms with van der Waals surface area (Å²) in [7, 11) is 0. The molecule has 0 saturated heterocycles. The van der Waals surface area contributed by atoms with Crippen LogP contribution in [0.25, 0.3) is 11.0 Å². The van der Waals surface area contributed by atoms with Gasteiger partial charge < -0.3 is 15.5 Å². The van der Waals surface area contributed by atoms with Crippen molar-refractivity contribution in [3.05, 3.63) is 54.5 Å².